The van der Waals surface area contributed by atoms with Gasteiger partial charge in [-0.15, -0.1) is 11.3 Å². The molecule has 0 spiro atoms. The molecule has 2 N–H and O–H groups in total. The maximum Gasteiger partial charge on any atom is 0.152 e. The lowest BCUT2D eigenvalue weighted by atomic mass is 10.1. The highest BCUT2D eigenvalue weighted by atomic mass is 32.1. The zero-order valence-corrected chi connectivity index (χ0v) is 13.8. The van der Waals surface area contributed by atoms with Gasteiger partial charge in [-0.3, -0.25) is 4.90 Å². The number of likely N-dealkylation sites (N-methyl/N-ethyl adjacent to an activating group) is 1. The van der Waals surface area contributed by atoms with Gasteiger partial charge in [-0.25, -0.2) is 9.37 Å². The molecule has 0 aliphatic carbocycles. The molecule has 1 radical (unpaired) electrons. The van der Waals surface area contributed by atoms with Gasteiger partial charge < -0.3 is 10.6 Å². The van der Waals surface area contributed by atoms with Crippen molar-refractivity contribution in [1.82, 2.24) is 9.88 Å². The molecular weight excluding hydrogens is 299 g/mol. The van der Waals surface area contributed by atoms with Crippen LogP contribution in [0.1, 0.15) is 13.8 Å². The molecule has 2 atom stereocenters. The van der Waals surface area contributed by atoms with Crippen LogP contribution in [0.4, 0.5) is 15.8 Å². The minimum absolute atomic E-state index is 0.289. The van der Waals surface area contributed by atoms with Gasteiger partial charge in [-0.2, -0.15) is 0 Å². The fraction of sp³-hybridized carbons (Fsp3) is 0.438. The first-order valence-electron chi connectivity index (χ1n) is 7.35. The molecule has 1 saturated heterocycles. The van der Waals surface area contributed by atoms with Gasteiger partial charge in [-0.1, -0.05) is 0 Å². The molecule has 1 fully saturated rings. The van der Waals surface area contributed by atoms with Crippen molar-refractivity contribution in [2.24, 2.45) is 0 Å². The summed E-state index contributed by atoms with van der Waals surface area (Å²) in [6.07, 6.45) is 0. The van der Waals surface area contributed by atoms with Crippen molar-refractivity contribution in [2.75, 3.05) is 30.8 Å². The molecule has 2 heterocycles. The van der Waals surface area contributed by atoms with E-state index in [1.807, 2.05) is 0 Å². The number of rotatable bonds is 2. The second kappa shape index (κ2) is 5.85. The molecule has 2 aromatic rings. The summed E-state index contributed by atoms with van der Waals surface area (Å²) in [5, 5.41) is 1.78. The van der Waals surface area contributed by atoms with Gasteiger partial charge in [0.25, 0.3) is 0 Å². The van der Waals surface area contributed by atoms with Gasteiger partial charge in [0.2, 0.25) is 0 Å². The largest absolute Gasteiger partial charge is 0.397 e. The molecule has 6 heteroatoms. The van der Waals surface area contributed by atoms with Crippen molar-refractivity contribution >= 4 is 22.7 Å². The molecule has 3 rings (SSSR count). The molecule has 1 aromatic heterocycles. The fourth-order valence-electron chi connectivity index (χ4n) is 2.96. The Kier molecular flexibility index (Phi) is 4.06. The third kappa shape index (κ3) is 2.68. The summed E-state index contributed by atoms with van der Waals surface area (Å²) >= 11 is 1.32. The predicted molar refractivity (Wildman–Crippen MR) is 89.7 cm³/mol. The molecule has 22 heavy (non-hydrogen) atoms. The van der Waals surface area contributed by atoms with E-state index in [0.717, 1.165) is 18.8 Å². The van der Waals surface area contributed by atoms with Crippen molar-refractivity contribution in [3.05, 3.63) is 28.8 Å². The number of thiazole rings is 1. The number of anilines is 2. The average Bonchev–Trinajstić information content (AvgIpc) is 3.00. The zero-order valence-electron chi connectivity index (χ0n) is 13.0. The van der Waals surface area contributed by atoms with Crippen molar-refractivity contribution in [3.63, 3.8) is 0 Å². The molecule has 0 unspecified atom stereocenters. The van der Waals surface area contributed by atoms with E-state index in [9.17, 15) is 4.39 Å². The Morgan fingerprint density at radius 3 is 2.59 bits per heavy atom. The van der Waals surface area contributed by atoms with E-state index in [-0.39, 0.29) is 5.82 Å². The lowest BCUT2D eigenvalue weighted by Gasteiger charge is -2.43. The Balaban J connectivity index is 1.94. The summed E-state index contributed by atoms with van der Waals surface area (Å²) in [6.45, 7) is 6.03. The lowest BCUT2D eigenvalue weighted by molar-refractivity contribution is 0.170. The van der Waals surface area contributed by atoms with Gasteiger partial charge >= 0.3 is 0 Å². The minimum Gasteiger partial charge on any atom is -0.397 e. The summed E-state index contributed by atoms with van der Waals surface area (Å²) < 4.78 is 14.5. The van der Waals surface area contributed by atoms with E-state index in [1.54, 1.807) is 11.4 Å². The SMILES string of the molecule is C[C@@H]1CN(c2cc(F)c(-c3cs[c]n3)cc2N)C[C@H](C)N1C. The second-order valence-corrected chi connectivity index (χ2v) is 6.64. The quantitative estimate of drug-likeness (QED) is 0.865. The average molecular weight is 319 g/mol. The molecule has 1 aromatic carbocycles. The summed E-state index contributed by atoms with van der Waals surface area (Å²) in [5.74, 6) is -0.289. The summed E-state index contributed by atoms with van der Waals surface area (Å²) in [6, 6.07) is 4.02. The highest BCUT2D eigenvalue weighted by Crippen LogP contribution is 2.33. The Morgan fingerprint density at radius 2 is 2.00 bits per heavy atom. The molecule has 117 valence electrons. The number of piperazine rings is 1. The Bertz CT molecular complexity index is 646. The summed E-state index contributed by atoms with van der Waals surface area (Å²) in [4.78, 5) is 8.55. The molecule has 1 aliphatic rings. The lowest BCUT2D eigenvalue weighted by Crippen LogP contribution is -2.55. The van der Waals surface area contributed by atoms with E-state index < -0.39 is 0 Å². The molecular formula is C16H20FN4S. The number of nitrogens with two attached hydrogens (primary N) is 1. The Labute approximate surface area is 134 Å². The van der Waals surface area contributed by atoms with Crippen LogP contribution in [0.5, 0.6) is 0 Å². The van der Waals surface area contributed by atoms with Crippen molar-refractivity contribution < 1.29 is 4.39 Å². The second-order valence-electron chi connectivity index (χ2n) is 5.98. The highest BCUT2D eigenvalue weighted by molar-refractivity contribution is 7.07. The van der Waals surface area contributed by atoms with Crippen molar-refractivity contribution in [1.29, 1.82) is 0 Å². The van der Waals surface area contributed by atoms with Crippen LogP contribution < -0.4 is 10.6 Å². The number of nitrogen functional groups attached to an aromatic ring is 1. The Hall–Kier alpha value is -1.66. The van der Waals surface area contributed by atoms with Crippen LogP contribution in [-0.4, -0.2) is 42.1 Å². The van der Waals surface area contributed by atoms with Crippen LogP contribution in [-0.2, 0) is 0 Å². The van der Waals surface area contributed by atoms with E-state index in [0.29, 0.717) is 29.0 Å². The van der Waals surface area contributed by atoms with Crippen molar-refractivity contribution in [2.45, 2.75) is 25.9 Å². The standard InChI is InChI=1S/C16H20FN4S/c1-10-6-21(7-11(2)20(10)3)16-5-13(17)12(4-14(16)18)15-8-22-9-19-15/h4-5,8,10-11H,6-7,18H2,1-3H3/t10-,11+. The zero-order chi connectivity index (χ0) is 15.9. The monoisotopic (exact) mass is 319 g/mol. The molecule has 0 amide bonds. The number of halogens is 1. The van der Waals surface area contributed by atoms with Crippen LogP contribution >= 0.6 is 11.3 Å². The first-order chi connectivity index (χ1) is 10.5. The first kappa shape index (κ1) is 15.2. The smallest absolute Gasteiger partial charge is 0.152 e. The van der Waals surface area contributed by atoms with Gasteiger partial charge in [0.1, 0.15) is 5.82 Å². The molecule has 0 bridgehead atoms. The topological polar surface area (TPSA) is 45.4 Å². The number of nitrogens with zero attached hydrogens (tertiary/aromatic N) is 3. The van der Waals surface area contributed by atoms with Crippen molar-refractivity contribution in [3.8, 4) is 11.3 Å². The molecule has 0 saturated carbocycles. The number of hydrogen-bond acceptors (Lipinski definition) is 5. The highest BCUT2D eigenvalue weighted by Gasteiger charge is 2.28. The van der Waals surface area contributed by atoms with E-state index in [1.165, 1.54) is 17.4 Å². The third-order valence-corrected chi connectivity index (χ3v) is 5.02. The minimum atomic E-state index is -0.289. The maximum absolute atomic E-state index is 14.5. The van der Waals surface area contributed by atoms with Crippen LogP contribution in [0.2, 0.25) is 0 Å². The number of aromatic nitrogens is 1. The van der Waals surface area contributed by atoms with E-state index in [2.05, 4.69) is 41.2 Å². The fourth-order valence-corrected chi connectivity index (χ4v) is 3.45. The normalized spacial score (nSPS) is 23.0. The number of hydrogen-bond donors (Lipinski definition) is 1. The van der Waals surface area contributed by atoms with Gasteiger partial charge in [0.15, 0.2) is 5.51 Å². The maximum atomic E-state index is 14.5. The predicted octanol–water partition coefficient (Wildman–Crippen LogP) is 2.86. The first-order valence-corrected chi connectivity index (χ1v) is 8.23. The summed E-state index contributed by atoms with van der Waals surface area (Å²) in [5.41, 5.74) is 11.3. The van der Waals surface area contributed by atoms with Crippen LogP contribution in [0.3, 0.4) is 0 Å². The van der Waals surface area contributed by atoms with E-state index >= 15 is 0 Å². The van der Waals surface area contributed by atoms with Gasteiger partial charge in [0, 0.05) is 36.1 Å². The molecule has 4 nitrogen and oxygen atoms in total. The van der Waals surface area contributed by atoms with Gasteiger partial charge in [-0.05, 0) is 33.0 Å². The van der Waals surface area contributed by atoms with Gasteiger partial charge in [0.05, 0.1) is 17.1 Å². The Morgan fingerprint density at radius 1 is 1.32 bits per heavy atom. The summed E-state index contributed by atoms with van der Waals surface area (Å²) in [7, 11) is 2.12. The van der Waals surface area contributed by atoms with Crippen LogP contribution in [0.15, 0.2) is 17.5 Å². The molecule has 1 aliphatic heterocycles. The number of benzene rings is 1. The van der Waals surface area contributed by atoms with E-state index in [4.69, 9.17) is 5.73 Å². The third-order valence-electron chi connectivity index (χ3n) is 4.48. The van der Waals surface area contributed by atoms with Crippen LogP contribution in [0.25, 0.3) is 11.3 Å². The van der Waals surface area contributed by atoms with Crippen LogP contribution in [0, 0.1) is 11.3 Å².